The first kappa shape index (κ1) is 12.3. The van der Waals surface area contributed by atoms with Crippen molar-refractivity contribution in [1.82, 2.24) is 9.78 Å². The van der Waals surface area contributed by atoms with E-state index in [1.165, 1.54) is 0 Å². The zero-order valence-electron chi connectivity index (χ0n) is 10.9. The largest absolute Gasteiger partial charge is 0.496 e. The van der Waals surface area contributed by atoms with Gasteiger partial charge in [0, 0.05) is 19.2 Å². The minimum Gasteiger partial charge on any atom is -0.496 e. The van der Waals surface area contributed by atoms with E-state index < -0.39 is 0 Å². The number of nitrogen functional groups attached to an aromatic ring is 1. The Bertz CT molecular complexity index is 548. The zero-order valence-corrected chi connectivity index (χ0v) is 10.9. The number of nitrogens with one attached hydrogen (secondary N) is 1. The van der Waals surface area contributed by atoms with Crippen molar-refractivity contribution in [2.45, 2.75) is 13.5 Å². The fourth-order valence-electron chi connectivity index (χ4n) is 1.91. The summed E-state index contributed by atoms with van der Waals surface area (Å²) < 4.78 is 7.06. The molecule has 5 heteroatoms. The van der Waals surface area contributed by atoms with Crippen LogP contribution in [-0.4, -0.2) is 16.9 Å². The van der Waals surface area contributed by atoms with Crippen LogP contribution in [0.5, 0.6) is 5.75 Å². The van der Waals surface area contributed by atoms with Gasteiger partial charge in [-0.15, -0.1) is 0 Å². The van der Waals surface area contributed by atoms with Crippen LogP contribution >= 0.6 is 0 Å². The van der Waals surface area contributed by atoms with Gasteiger partial charge >= 0.3 is 0 Å². The number of ether oxygens (including phenoxy) is 1. The van der Waals surface area contributed by atoms with E-state index in [1.54, 1.807) is 11.8 Å². The molecule has 0 bridgehead atoms. The topological polar surface area (TPSA) is 65.1 Å². The van der Waals surface area contributed by atoms with Crippen molar-refractivity contribution in [3.8, 4) is 5.75 Å². The number of methoxy groups -OCH3 is 1. The third-order valence-electron chi connectivity index (χ3n) is 2.91. The van der Waals surface area contributed by atoms with Crippen LogP contribution in [0.25, 0.3) is 0 Å². The molecule has 5 nitrogen and oxygen atoms in total. The van der Waals surface area contributed by atoms with Crippen molar-refractivity contribution in [1.29, 1.82) is 0 Å². The second kappa shape index (κ2) is 5.00. The highest BCUT2D eigenvalue weighted by molar-refractivity contribution is 5.64. The summed E-state index contributed by atoms with van der Waals surface area (Å²) in [6.45, 7) is 2.54. The van der Waals surface area contributed by atoms with Crippen LogP contribution in [0, 0.1) is 6.92 Å². The summed E-state index contributed by atoms with van der Waals surface area (Å²) >= 11 is 0. The van der Waals surface area contributed by atoms with Crippen LogP contribution < -0.4 is 15.8 Å². The summed E-state index contributed by atoms with van der Waals surface area (Å²) in [5.41, 5.74) is 8.56. The molecule has 2 aromatic rings. The van der Waals surface area contributed by atoms with E-state index in [0.717, 1.165) is 22.8 Å². The molecule has 0 aliphatic carbocycles. The van der Waals surface area contributed by atoms with Gasteiger partial charge in [-0.2, -0.15) is 5.10 Å². The van der Waals surface area contributed by atoms with Crippen LogP contribution in [0.15, 0.2) is 24.3 Å². The van der Waals surface area contributed by atoms with Crippen molar-refractivity contribution in [2.24, 2.45) is 7.05 Å². The van der Waals surface area contributed by atoms with E-state index in [2.05, 4.69) is 10.4 Å². The summed E-state index contributed by atoms with van der Waals surface area (Å²) in [7, 11) is 3.54. The number of aryl methyl sites for hydroxylation is 2. The van der Waals surface area contributed by atoms with Crippen molar-refractivity contribution in [3.63, 3.8) is 0 Å². The first-order valence-electron chi connectivity index (χ1n) is 5.78. The Morgan fingerprint density at radius 1 is 1.39 bits per heavy atom. The Hall–Kier alpha value is -2.17. The number of hydrogen-bond donors (Lipinski definition) is 2. The molecular weight excluding hydrogens is 228 g/mol. The maximum absolute atomic E-state index is 5.96. The zero-order chi connectivity index (χ0) is 13.1. The summed E-state index contributed by atoms with van der Waals surface area (Å²) in [4.78, 5) is 0. The minimum absolute atomic E-state index is 0.646. The van der Waals surface area contributed by atoms with E-state index in [1.807, 2.05) is 38.2 Å². The Kier molecular flexibility index (Phi) is 3.41. The van der Waals surface area contributed by atoms with E-state index in [-0.39, 0.29) is 0 Å². The van der Waals surface area contributed by atoms with E-state index in [0.29, 0.717) is 12.2 Å². The molecule has 0 atom stereocenters. The lowest BCUT2D eigenvalue weighted by Gasteiger charge is -2.11. The highest BCUT2D eigenvalue weighted by atomic mass is 16.5. The van der Waals surface area contributed by atoms with Gasteiger partial charge < -0.3 is 15.8 Å². The molecule has 96 valence electrons. The van der Waals surface area contributed by atoms with E-state index >= 15 is 0 Å². The van der Waals surface area contributed by atoms with Gasteiger partial charge in [-0.25, -0.2) is 0 Å². The van der Waals surface area contributed by atoms with Crippen molar-refractivity contribution in [3.05, 3.63) is 35.5 Å². The first-order chi connectivity index (χ1) is 8.63. The van der Waals surface area contributed by atoms with Gasteiger partial charge in [-0.3, -0.25) is 4.68 Å². The molecular formula is C13H18N4O. The lowest BCUT2D eigenvalue weighted by molar-refractivity contribution is 0.410. The predicted octanol–water partition coefficient (Wildman–Crippen LogP) is 1.93. The van der Waals surface area contributed by atoms with Crippen LogP contribution in [0.1, 0.15) is 11.3 Å². The van der Waals surface area contributed by atoms with Gasteiger partial charge in [0.05, 0.1) is 18.5 Å². The Labute approximate surface area is 107 Å². The van der Waals surface area contributed by atoms with Crippen molar-refractivity contribution >= 4 is 11.5 Å². The van der Waals surface area contributed by atoms with Gasteiger partial charge in [0.15, 0.2) is 0 Å². The van der Waals surface area contributed by atoms with Gasteiger partial charge in [0.1, 0.15) is 11.6 Å². The number of hydrogen-bond acceptors (Lipinski definition) is 4. The summed E-state index contributed by atoms with van der Waals surface area (Å²) in [5.74, 6) is 1.70. The monoisotopic (exact) mass is 246 g/mol. The van der Waals surface area contributed by atoms with Crippen LogP contribution in [0.3, 0.4) is 0 Å². The maximum Gasteiger partial charge on any atom is 0.148 e. The minimum atomic E-state index is 0.646. The highest BCUT2D eigenvalue weighted by Crippen LogP contribution is 2.23. The lowest BCUT2D eigenvalue weighted by atomic mass is 10.2. The average molecular weight is 246 g/mol. The molecule has 0 spiro atoms. The number of rotatable bonds is 4. The van der Waals surface area contributed by atoms with Crippen LogP contribution in [-0.2, 0) is 13.6 Å². The summed E-state index contributed by atoms with van der Waals surface area (Å²) in [5, 5.41) is 7.55. The number of nitrogens with two attached hydrogens (primary N) is 1. The fraction of sp³-hybridized carbons (Fsp3) is 0.308. The molecule has 18 heavy (non-hydrogen) atoms. The Morgan fingerprint density at radius 2 is 2.11 bits per heavy atom. The molecule has 2 rings (SSSR count). The third-order valence-corrected chi connectivity index (χ3v) is 2.91. The van der Waals surface area contributed by atoms with Gasteiger partial charge in [0.2, 0.25) is 0 Å². The number of nitrogens with zero attached hydrogens (tertiary/aromatic N) is 2. The molecule has 3 N–H and O–H groups in total. The molecule has 0 aliphatic rings. The van der Waals surface area contributed by atoms with Gasteiger partial charge in [-0.05, 0) is 13.0 Å². The molecule has 0 amide bonds. The van der Waals surface area contributed by atoms with Crippen LogP contribution in [0.4, 0.5) is 11.5 Å². The Balaban J connectivity index is 2.16. The van der Waals surface area contributed by atoms with Crippen molar-refractivity contribution < 1.29 is 4.74 Å². The summed E-state index contributed by atoms with van der Waals surface area (Å²) in [6, 6.07) is 7.89. The van der Waals surface area contributed by atoms with Crippen molar-refractivity contribution in [2.75, 3.05) is 18.2 Å². The van der Waals surface area contributed by atoms with Crippen LogP contribution in [0.2, 0.25) is 0 Å². The Morgan fingerprint density at radius 3 is 2.72 bits per heavy atom. The van der Waals surface area contributed by atoms with E-state index in [9.17, 15) is 0 Å². The molecule has 0 saturated heterocycles. The normalized spacial score (nSPS) is 10.4. The average Bonchev–Trinajstić information content (AvgIpc) is 2.62. The predicted molar refractivity (Wildman–Crippen MR) is 72.7 cm³/mol. The van der Waals surface area contributed by atoms with Gasteiger partial charge in [0.25, 0.3) is 0 Å². The maximum atomic E-state index is 5.96. The van der Waals surface area contributed by atoms with Gasteiger partial charge in [-0.1, -0.05) is 18.2 Å². The molecule has 0 unspecified atom stereocenters. The highest BCUT2D eigenvalue weighted by Gasteiger charge is 2.10. The molecule has 1 heterocycles. The molecule has 0 radical (unpaired) electrons. The lowest BCUT2D eigenvalue weighted by Crippen LogP contribution is -2.07. The second-order valence-electron chi connectivity index (χ2n) is 4.14. The number of aromatic nitrogens is 2. The van der Waals surface area contributed by atoms with E-state index in [4.69, 9.17) is 10.5 Å². The molecule has 0 aliphatic heterocycles. The molecule has 1 aromatic heterocycles. The smallest absolute Gasteiger partial charge is 0.148 e. The third kappa shape index (κ3) is 2.25. The number of para-hydroxylation sites is 1. The fourth-order valence-corrected chi connectivity index (χ4v) is 1.91. The molecule has 1 aromatic carbocycles. The number of benzene rings is 1. The SMILES string of the molecule is COc1ccccc1CNc1c(N)c(C)nn1C. The molecule has 0 saturated carbocycles. The quantitative estimate of drug-likeness (QED) is 0.865. The molecule has 0 fully saturated rings. The summed E-state index contributed by atoms with van der Waals surface area (Å²) in [6.07, 6.45) is 0. The standard InChI is InChI=1S/C13H18N4O/c1-9-12(14)13(17(2)16-9)15-8-10-6-4-5-7-11(10)18-3/h4-7,15H,8,14H2,1-3H3. The number of anilines is 2. The second-order valence-corrected chi connectivity index (χ2v) is 4.14. The first-order valence-corrected chi connectivity index (χ1v) is 5.78.